The monoisotopic (exact) mass is 1600 g/mol. The molecule has 9 N–H and O–H groups in total. The number of hydrogen-bond donors (Lipinski definition) is 7. The molecule has 6 saturated heterocycles. The van der Waals surface area contributed by atoms with Gasteiger partial charge in [-0.1, -0.05) is 32.0 Å². The molecule has 42 nitrogen and oxygen atoms in total. The van der Waals surface area contributed by atoms with Crippen molar-refractivity contribution < 1.29 is 128 Å². The van der Waals surface area contributed by atoms with E-state index in [2.05, 4.69) is 75.5 Å². The Morgan fingerprint density at radius 3 is 1.75 bits per heavy atom. The Hall–Kier alpha value is -8.31. The predicted molar refractivity (Wildman–Crippen MR) is 356 cm³/mol. The summed E-state index contributed by atoms with van der Waals surface area (Å²) in [5.74, 6) is -3.67. The molecule has 1 aromatic carbocycles. The zero-order valence-corrected chi connectivity index (χ0v) is 62.0. The first kappa shape index (κ1) is 77.8. The van der Waals surface area contributed by atoms with Gasteiger partial charge in [-0.25, -0.2) is 67.1 Å². The molecule has 0 saturated carbocycles. The number of H-pyrrole nitrogens is 2. The van der Waals surface area contributed by atoms with Crippen molar-refractivity contribution in [1.82, 2.24) is 83.2 Å². The van der Waals surface area contributed by atoms with Gasteiger partial charge >= 0.3 is 37.4 Å². The van der Waals surface area contributed by atoms with Gasteiger partial charge in [0, 0.05) is 24.7 Å². The number of alkyl halides is 4. The van der Waals surface area contributed by atoms with Crippen LogP contribution in [0.2, 0.25) is 0 Å². The number of nitrogen functional groups attached to an aromatic ring is 2. The van der Waals surface area contributed by atoms with E-state index in [0.717, 1.165) is 45.3 Å². The van der Waals surface area contributed by atoms with Crippen LogP contribution in [0.15, 0.2) is 77.9 Å². The van der Waals surface area contributed by atoms with Crippen LogP contribution in [0.1, 0.15) is 68.4 Å². The van der Waals surface area contributed by atoms with Gasteiger partial charge in [-0.2, -0.15) is 32.1 Å². The minimum atomic E-state index is -4.96. The maximum Gasteiger partial charge on any atom is 1.00 e. The summed E-state index contributed by atoms with van der Waals surface area (Å²) in [6.45, 7) is 2.53. The number of phosphoric ester groups is 1. The quantitative estimate of drug-likeness (QED) is 0.0278. The third-order valence-electron chi connectivity index (χ3n) is 17.7. The Kier molecular flexibility index (Phi) is 22.2. The van der Waals surface area contributed by atoms with E-state index < -0.39 is 207 Å². The van der Waals surface area contributed by atoms with Gasteiger partial charge in [0.05, 0.1) is 74.7 Å². The number of imidazole rings is 4. The minimum absolute atomic E-state index is 0. The van der Waals surface area contributed by atoms with Gasteiger partial charge in [-0.05, 0) is 25.0 Å². The molecule has 8 aromatic heterocycles. The largest absolute Gasteiger partial charge is 1.00 e. The molecule has 18 atom stereocenters. The standard InChI is InChI=1S/C35H36F2N11O12PS.C22H26F2N11O8PS.Na/c1-17(2)30(49)45-35-44-29-24(32(51)46-35)42-16-48(29)33-21(36)25-19(57-33)9-12-62(53,54)60-26-20(13-56-61(52,59-25)55-11-6-10-38)58-34(22(26)37)47-15-41-23-27(39-14-40-28(23)47)43-31(50)18-7-4-3-5-8-18;1-44(37)31-4-9-15(11(24)21(41-9)34-6-29-12-16(25)27-5-28-17(12)34)43-45(38,39)3-2-8-14(42-44)10(23)20(40-8)35-7-30-13-18(35)32-22(26)33-19(13)36;/h3-5,7-8,14-17,19-22,25-26,33-34H,6,9,11-13H2,1-2H3,(H,39,40,43,50)(H2,44,45,46,49,51);5-11,14-15,20-21H,2-4H2,1H3,(H,31,37)(H2,25,27,28)(H3,26,32,33,36);/q;;+1/t19-,20-,21-,22-,25-,26-,33-,34-,61?;8-,9-,10-,11-,14-,15-,20-,21-,44?;/m11./s1. The Bertz CT molecular complexity index is 5440. The molecule has 2 amide bonds. The Balaban J connectivity index is 0.000000198. The SMILES string of the molecule is CC(C)C(=O)Nc1nc2c(ncn2[C@@H]2O[C@@H]3CCS(=O)(=O)O[C@H]4[C@@H](F)[C@H](n5cnc6c(NC(=O)c7ccccc7)ncnc65)O[C@@H]4COP(=O)(OCCC#N)O[C@H]3[C@H]2F)c(=O)[nH]1.CP1(=O)NC[C@H]2O[C@@H](n3cnc4c(N)ncnc43)[C@H](F)[C@@H]2OS(=O)(=O)CC[C@H]2O[C@@H](n3cnc4c(=O)[nH]c(N)nc43)[C@H](F)[C@@H]2O1.[Na+]. The van der Waals surface area contributed by atoms with E-state index in [1.54, 1.807) is 50.2 Å². The number of nitrogens with one attached hydrogen (secondary N) is 5. The fourth-order valence-corrected chi connectivity index (χ4v) is 17.6. The first-order valence-corrected chi connectivity index (χ1v) is 39.1. The van der Waals surface area contributed by atoms with Gasteiger partial charge in [-0.15, -0.1) is 0 Å². The second-order valence-corrected chi connectivity index (χ2v) is 32.5. The number of benzene rings is 1. The van der Waals surface area contributed by atoms with Crippen LogP contribution in [0, 0.1) is 17.2 Å². The number of rotatable bonds is 11. The number of aromatic nitrogens is 16. The number of aromatic amines is 2. The van der Waals surface area contributed by atoms with Crippen molar-refractivity contribution in [2.24, 2.45) is 5.92 Å². The number of phosphoric acid groups is 1. The smallest absolute Gasteiger partial charge is 0.382 e. The summed E-state index contributed by atoms with van der Waals surface area (Å²) in [7, 11) is -18.0. The molecule has 0 bridgehead atoms. The van der Waals surface area contributed by atoms with Crippen molar-refractivity contribution in [1.29, 1.82) is 5.26 Å². The zero-order chi connectivity index (χ0) is 75.8. The molecular weight excluding hydrogens is 1540 g/mol. The van der Waals surface area contributed by atoms with Gasteiger partial charge in [0.25, 0.3) is 44.8 Å². The van der Waals surface area contributed by atoms with E-state index in [1.165, 1.54) is 17.6 Å². The van der Waals surface area contributed by atoms with Crippen LogP contribution in [0.4, 0.5) is 41.1 Å². The van der Waals surface area contributed by atoms with Crippen molar-refractivity contribution >= 4 is 116 Å². The molecule has 0 aliphatic carbocycles. The third-order valence-corrected chi connectivity index (χ3v) is 23.0. The van der Waals surface area contributed by atoms with Crippen LogP contribution >= 0.6 is 15.3 Å². The average molecular weight is 1600 g/mol. The number of fused-ring (bicyclic) bond motifs is 8. The van der Waals surface area contributed by atoms with Crippen LogP contribution in [0.25, 0.3) is 44.7 Å². The van der Waals surface area contributed by atoms with E-state index >= 15 is 17.6 Å². The Labute approximate surface area is 626 Å². The van der Waals surface area contributed by atoms with Crippen molar-refractivity contribution in [2.75, 3.05) is 60.0 Å². The fourth-order valence-electron chi connectivity index (χ4n) is 12.5. The summed E-state index contributed by atoms with van der Waals surface area (Å²) in [5, 5.41) is 16.8. The maximum absolute atomic E-state index is 16.7. The molecule has 15 rings (SSSR count). The minimum Gasteiger partial charge on any atom is -0.382 e. The number of anilines is 4. The number of carbonyl (C=O) groups excluding carboxylic acids is 2. The first-order valence-electron chi connectivity index (χ1n) is 32.4. The number of nitrogens with zero attached hydrogens (tertiary/aromatic N) is 15. The fraction of sp³-hybridized carbons (Fsp3) is 0.491. The topological polar surface area (TPSA) is 555 Å². The second kappa shape index (κ2) is 30.9. The number of amides is 2. The normalized spacial score (nSPS) is 31.3. The molecule has 9 aromatic rings. The Morgan fingerprint density at radius 1 is 0.657 bits per heavy atom. The average Bonchev–Trinajstić information content (AvgIpc) is 1.62. The second-order valence-electron chi connectivity index (χ2n) is 25.2. The molecule has 51 heteroatoms. The number of hydrogen-bond acceptors (Lipinski definition) is 33. The summed E-state index contributed by atoms with van der Waals surface area (Å²) in [4.78, 5) is 95.6. The van der Waals surface area contributed by atoms with Gasteiger partial charge < -0.3 is 40.3 Å². The maximum atomic E-state index is 16.7. The third kappa shape index (κ3) is 15.6. The Morgan fingerprint density at radius 2 is 1.16 bits per heavy atom. The predicted octanol–water partition coefficient (Wildman–Crippen LogP) is -0.649. The van der Waals surface area contributed by atoms with Crippen LogP contribution in [0.3, 0.4) is 0 Å². The van der Waals surface area contributed by atoms with Gasteiger partial charge in [0.1, 0.15) is 54.8 Å². The van der Waals surface area contributed by atoms with E-state index in [-0.39, 0.29) is 104 Å². The summed E-state index contributed by atoms with van der Waals surface area (Å²) >= 11 is 0. The van der Waals surface area contributed by atoms with Crippen LogP contribution < -0.4 is 67.9 Å². The van der Waals surface area contributed by atoms with E-state index in [9.17, 15) is 45.1 Å². The van der Waals surface area contributed by atoms with Crippen molar-refractivity contribution in [3.05, 3.63) is 94.6 Å². The molecule has 6 aliphatic heterocycles. The van der Waals surface area contributed by atoms with Crippen LogP contribution in [0.5, 0.6) is 0 Å². The summed E-state index contributed by atoms with van der Waals surface area (Å²) in [6, 6.07) is 10.0. The van der Waals surface area contributed by atoms with Crippen molar-refractivity contribution in [3.63, 3.8) is 0 Å². The molecule has 14 heterocycles. The van der Waals surface area contributed by atoms with E-state index in [1.807, 2.05) is 0 Å². The first-order chi connectivity index (χ1) is 51.0. The number of nitriles is 1. The molecule has 6 aliphatic rings. The van der Waals surface area contributed by atoms with Crippen molar-refractivity contribution in [3.8, 4) is 6.07 Å². The van der Waals surface area contributed by atoms with Crippen molar-refractivity contribution in [2.45, 2.75) is 132 Å². The number of nitrogens with two attached hydrogens (primary N) is 2. The molecule has 570 valence electrons. The van der Waals surface area contributed by atoms with E-state index in [4.69, 9.17) is 62.1 Å². The van der Waals surface area contributed by atoms with E-state index in [0.29, 0.717) is 5.56 Å². The van der Waals surface area contributed by atoms with Gasteiger partial charge in [0.15, 0.2) is 100 Å². The summed E-state index contributed by atoms with van der Waals surface area (Å²) in [6.07, 6.45) is -22.5. The summed E-state index contributed by atoms with van der Waals surface area (Å²) in [5.41, 5.74) is 9.90. The zero-order valence-electron chi connectivity index (χ0n) is 56.6. The molecule has 0 spiro atoms. The molecular formula is C57H62F4N22NaO20P2S2+. The molecule has 2 unspecified atom stereocenters. The number of carbonyl (C=O) groups is 2. The van der Waals surface area contributed by atoms with Crippen LogP contribution in [-0.2, 0) is 79.6 Å². The number of halogens is 4. The van der Waals surface area contributed by atoms with Crippen LogP contribution in [-0.4, -0.2) is 218 Å². The molecule has 108 heavy (non-hydrogen) atoms. The molecule has 0 radical (unpaired) electrons. The van der Waals surface area contributed by atoms with Gasteiger partial charge in [0.2, 0.25) is 17.8 Å². The van der Waals surface area contributed by atoms with Gasteiger partial charge in [-0.3, -0.25) is 79.2 Å². The number of ether oxygens (including phenoxy) is 4. The summed E-state index contributed by atoms with van der Waals surface area (Å²) < 4.78 is 208. The molecule has 6 fully saturated rings.